The van der Waals surface area contributed by atoms with E-state index in [1.807, 2.05) is 18.2 Å². The molecule has 0 saturated carbocycles. The molecule has 1 aliphatic rings. The normalized spacial score (nSPS) is 16.0. The van der Waals surface area contributed by atoms with Crippen molar-refractivity contribution in [3.63, 3.8) is 0 Å². The first-order valence-electron chi connectivity index (χ1n) is 7.75. The van der Waals surface area contributed by atoms with Crippen molar-refractivity contribution < 1.29 is 19.0 Å². The minimum atomic E-state index is -1.24. The Morgan fingerprint density at radius 1 is 1.28 bits per heavy atom. The summed E-state index contributed by atoms with van der Waals surface area (Å²) in [6, 6.07) is 10.1. The summed E-state index contributed by atoms with van der Waals surface area (Å²) in [5.41, 5.74) is 2.46. The van der Waals surface area contributed by atoms with E-state index in [0.29, 0.717) is 22.8 Å². The zero-order valence-electron chi connectivity index (χ0n) is 14.0. The van der Waals surface area contributed by atoms with Gasteiger partial charge in [-0.05, 0) is 53.8 Å². The van der Waals surface area contributed by atoms with E-state index >= 15 is 0 Å². The Morgan fingerprint density at radius 3 is 2.84 bits per heavy atom. The van der Waals surface area contributed by atoms with E-state index in [9.17, 15) is 14.3 Å². The lowest BCUT2D eigenvalue weighted by Crippen LogP contribution is -2.21. The number of carbonyl (C=O) groups excluding carboxylic acids is 1. The largest absolute Gasteiger partial charge is 0.544 e. The molecule has 2 aromatic carbocycles. The number of carboxylic acids is 1. The van der Waals surface area contributed by atoms with Crippen LogP contribution in [0.1, 0.15) is 34.5 Å². The number of aromatic carboxylic acids is 1. The third kappa shape index (κ3) is 2.88. The highest BCUT2D eigenvalue weighted by Gasteiger charge is 2.21. The lowest BCUT2D eigenvalue weighted by Gasteiger charge is -2.23. The Labute approximate surface area is 148 Å². The molecule has 130 valence electrons. The van der Waals surface area contributed by atoms with Crippen molar-refractivity contribution in [1.29, 1.82) is 0 Å². The zero-order valence-corrected chi connectivity index (χ0v) is 14.8. The predicted molar refractivity (Wildman–Crippen MR) is 96.1 cm³/mol. The molecule has 0 spiro atoms. The minimum absolute atomic E-state index is 0. The molecule has 0 fully saturated rings. The van der Waals surface area contributed by atoms with Crippen LogP contribution >= 0.6 is 11.3 Å². The number of ether oxygens (including phenoxy) is 1. The van der Waals surface area contributed by atoms with Crippen LogP contribution in [0.15, 0.2) is 36.4 Å². The van der Waals surface area contributed by atoms with Crippen LogP contribution in [0, 0.1) is 5.82 Å². The van der Waals surface area contributed by atoms with Crippen LogP contribution in [-0.4, -0.2) is 12.6 Å². The fraction of sp³-hybridized carbons (Fsp3) is 0.211. The molecule has 0 saturated heterocycles. The molecule has 0 aliphatic carbocycles. The van der Waals surface area contributed by atoms with Crippen molar-refractivity contribution in [3.05, 3.63) is 52.7 Å². The smallest absolute Gasteiger partial charge is 0.124 e. The zero-order chi connectivity index (χ0) is 16.8. The second-order valence-corrected chi connectivity index (χ2v) is 7.08. The van der Waals surface area contributed by atoms with E-state index < -0.39 is 5.97 Å². The molecule has 0 bridgehead atoms. The summed E-state index contributed by atoms with van der Waals surface area (Å²) >= 11 is 1.05. The molecule has 25 heavy (non-hydrogen) atoms. The number of rotatable bonds is 2. The van der Waals surface area contributed by atoms with Crippen LogP contribution in [-0.2, 0) is 0 Å². The van der Waals surface area contributed by atoms with Gasteiger partial charge in [0.2, 0.25) is 0 Å². The lowest BCUT2D eigenvalue weighted by molar-refractivity contribution is -0.254. The molecule has 1 atom stereocenters. The van der Waals surface area contributed by atoms with Gasteiger partial charge < -0.3 is 20.8 Å². The summed E-state index contributed by atoms with van der Waals surface area (Å²) in [6.07, 6.45) is 0.930. The number of hydrogen-bond donors (Lipinski definition) is 1. The molecule has 2 heterocycles. The fourth-order valence-corrected chi connectivity index (χ4v) is 4.31. The first-order valence-corrected chi connectivity index (χ1v) is 8.57. The average molecular weight is 359 g/mol. The van der Waals surface area contributed by atoms with Gasteiger partial charge in [-0.15, -0.1) is 11.3 Å². The van der Waals surface area contributed by atoms with Gasteiger partial charge in [-0.25, -0.2) is 4.39 Å². The van der Waals surface area contributed by atoms with Crippen LogP contribution in [0.3, 0.4) is 0 Å². The fourth-order valence-electron chi connectivity index (χ4n) is 3.22. The van der Waals surface area contributed by atoms with Gasteiger partial charge in [0.1, 0.15) is 11.6 Å². The molecule has 1 aromatic heterocycles. The first kappa shape index (κ1) is 17.4. The SMILES string of the molecule is CC1CCOc2ccc(-c3c(C(=O)[O-])sc4cc(F)ccc34)cc21.[NH4+]. The van der Waals surface area contributed by atoms with Gasteiger partial charge in [0.15, 0.2) is 0 Å². The van der Waals surface area contributed by atoms with Crippen molar-refractivity contribution in [1.82, 2.24) is 6.15 Å². The van der Waals surface area contributed by atoms with Crippen LogP contribution in [0.4, 0.5) is 4.39 Å². The molecule has 4 N–H and O–H groups in total. The number of halogens is 1. The highest BCUT2D eigenvalue weighted by Crippen LogP contribution is 2.42. The Balaban J connectivity index is 0.00000182. The lowest BCUT2D eigenvalue weighted by atomic mass is 9.91. The second kappa shape index (κ2) is 6.46. The second-order valence-electron chi connectivity index (χ2n) is 6.02. The number of fused-ring (bicyclic) bond motifs is 2. The minimum Gasteiger partial charge on any atom is -0.544 e. The summed E-state index contributed by atoms with van der Waals surface area (Å²) in [7, 11) is 0. The number of carboxylic acid groups (broad SMARTS) is 1. The van der Waals surface area contributed by atoms with Gasteiger partial charge in [-0.3, -0.25) is 0 Å². The number of hydrogen-bond acceptors (Lipinski definition) is 4. The van der Waals surface area contributed by atoms with E-state index in [0.717, 1.165) is 40.0 Å². The van der Waals surface area contributed by atoms with Crippen LogP contribution in [0.2, 0.25) is 0 Å². The van der Waals surface area contributed by atoms with E-state index in [1.165, 1.54) is 12.1 Å². The molecular formula is C19H18FNO3S. The summed E-state index contributed by atoms with van der Waals surface area (Å²) in [6.45, 7) is 2.82. The molecule has 6 heteroatoms. The predicted octanol–water partition coefficient (Wildman–Crippen LogP) is 4.33. The Kier molecular flexibility index (Phi) is 4.49. The maximum atomic E-state index is 13.5. The molecule has 0 amide bonds. The van der Waals surface area contributed by atoms with E-state index in [4.69, 9.17) is 4.74 Å². The van der Waals surface area contributed by atoms with E-state index in [1.54, 1.807) is 6.07 Å². The number of quaternary nitrogens is 1. The summed E-state index contributed by atoms with van der Waals surface area (Å²) in [5.74, 6) is -0.429. The van der Waals surface area contributed by atoms with E-state index in [-0.39, 0.29) is 16.8 Å². The molecule has 4 rings (SSSR count). The van der Waals surface area contributed by atoms with Gasteiger partial charge in [-0.1, -0.05) is 13.0 Å². The van der Waals surface area contributed by atoms with Crippen molar-refractivity contribution in [2.75, 3.05) is 6.61 Å². The summed E-state index contributed by atoms with van der Waals surface area (Å²) in [4.78, 5) is 11.7. The number of carbonyl (C=O) groups is 1. The molecule has 1 aliphatic heterocycles. The van der Waals surface area contributed by atoms with Crippen molar-refractivity contribution >= 4 is 27.4 Å². The van der Waals surface area contributed by atoms with Gasteiger partial charge in [0.25, 0.3) is 0 Å². The van der Waals surface area contributed by atoms with Crippen molar-refractivity contribution in [2.24, 2.45) is 0 Å². The van der Waals surface area contributed by atoms with Crippen LogP contribution in [0.25, 0.3) is 21.2 Å². The average Bonchev–Trinajstić information content (AvgIpc) is 2.94. The molecule has 1 unspecified atom stereocenters. The Morgan fingerprint density at radius 2 is 2.08 bits per heavy atom. The topological polar surface area (TPSA) is 85.9 Å². The maximum absolute atomic E-state index is 13.5. The Hall–Kier alpha value is -2.44. The maximum Gasteiger partial charge on any atom is 0.124 e. The third-order valence-corrected chi connectivity index (χ3v) is 5.61. The van der Waals surface area contributed by atoms with Crippen LogP contribution < -0.4 is 16.0 Å². The van der Waals surface area contributed by atoms with Gasteiger partial charge in [-0.2, -0.15) is 0 Å². The quantitative estimate of drug-likeness (QED) is 0.739. The van der Waals surface area contributed by atoms with Crippen molar-refractivity contribution in [2.45, 2.75) is 19.3 Å². The molecular weight excluding hydrogens is 341 g/mol. The monoisotopic (exact) mass is 359 g/mol. The van der Waals surface area contributed by atoms with Crippen LogP contribution in [0.5, 0.6) is 5.75 Å². The highest BCUT2D eigenvalue weighted by atomic mass is 32.1. The molecule has 0 radical (unpaired) electrons. The van der Waals surface area contributed by atoms with Crippen molar-refractivity contribution in [3.8, 4) is 16.9 Å². The molecule has 3 aromatic rings. The van der Waals surface area contributed by atoms with Gasteiger partial charge >= 0.3 is 0 Å². The third-order valence-electron chi connectivity index (χ3n) is 4.48. The highest BCUT2D eigenvalue weighted by molar-refractivity contribution is 7.21. The van der Waals surface area contributed by atoms with Gasteiger partial charge in [0, 0.05) is 15.6 Å². The summed E-state index contributed by atoms with van der Waals surface area (Å²) < 4.78 is 19.8. The summed E-state index contributed by atoms with van der Waals surface area (Å²) in [5, 5.41) is 12.3. The van der Waals surface area contributed by atoms with E-state index in [2.05, 4.69) is 6.92 Å². The standard InChI is InChI=1S/C19H15FO3S.H3N/c1-10-6-7-23-15-5-2-11(8-14(10)15)17-13-4-3-12(20)9-16(13)24-18(17)19(21)22;/h2-5,8-10H,6-7H2,1H3,(H,21,22);1H3. The van der Waals surface area contributed by atoms with Gasteiger partial charge in [0.05, 0.1) is 17.5 Å². The number of benzene rings is 2. The molecule has 4 nitrogen and oxygen atoms in total. The first-order chi connectivity index (χ1) is 11.5. The Bertz CT molecular complexity index is 967. The number of thiophene rings is 1.